The second-order valence-corrected chi connectivity index (χ2v) is 4.49. The van der Waals surface area contributed by atoms with Crippen LogP contribution in [0.15, 0.2) is 0 Å². The molecule has 0 bridgehead atoms. The van der Waals surface area contributed by atoms with Crippen molar-refractivity contribution < 1.29 is 32.6 Å². The first kappa shape index (κ1) is 16.9. The van der Waals surface area contributed by atoms with Gasteiger partial charge in [0.2, 0.25) is 5.60 Å². The molecule has 1 atom stereocenters. The first-order chi connectivity index (χ1) is 8.03. The number of Topliss-reactive ketones (excluding diaryl/α,β-unsaturated/α-hetero) is 1. The molecule has 106 valence electrons. The smallest absolute Gasteiger partial charge is 0.389 e. The van der Waals surface area contributed by atoms with Gasteiger partial charge in [-0.15, -0.1) is 0 Å². The maximum atomic E-state index is 12.0. The van der Waals surface area contributed by atoms with Gasteiger partial charge < -0.3 is 9.84 Å². The normalized spacial score (nSPS) is 15.3. The summed E-state index contributed by atoms with van der Waals surface area (Å²) in [5, 5.41) is 9.92. The van der Waals surface area contributed by atoms with Crippen molar-refractivity contribution in [2.75, 3.05) is 7.11 Å². The van der Waals surface area contributed by atoms with Gasteiger partial charge in [0.15, 0.2) is 5.78 Å². The van der Waals surface area contributed by atoms with Crippen LogP contribution in [0.25, 0.3) is 0 Å². The van der Waals surface area contributed by atoms with E-state index >= 15 is 0 Å². The van der Waals surface area contributed by atoms with E-state index in [-0.39, 0.29) is 12.3 Å². The number of methoxy groups -OCH3 is 1. The van der Waals surface area contributed by atoms with E-state index in [0.29, 0.717) is 0 Å². The Labute approximate surface area is 103 Å². The van der Waals surface area contributed by atoms with Crippen LogP contribution >= 0.6 is 0 Å². The van der Waals surface area contributed by atoms with Gasteiger partial charge in [-0.05, 0) is 12.3 Å². The summed E-state index contributed by atoms with van der Waals surface area (Å²) in [6, 6.07) is 0. The van der Waals surface area contributed by atoms with Crippen LogP contribution in [0.4, 0.5) is 13.2 Å². The van der Waals surface area contributed by atoms with E-state index in [1.54, 1.807) is 13.8 Å². The lowest BCUT2D eigenvalue weighted by atomic mass is 9.86. The number of hydrogen-bond donors (Lipinski definition) is 1. The number of aliphatic hydroxyl groups is 1. The molecule has 0 rings (SSSR count). The van der Waals surface area contributed by atoms with Gasteiger partial charge in [-0.3, -0.25) is 4.79 Å². The van der Waals surface area contributed by atoms with E-state index in [0.717, 1.165) is 7.11 Å². The van der Waals surface area contributed by atoms with Crippen molar-refractivity contribution in [1.29, 1.82) is 0 Å². The zero-order chi connectivity index (χ0) is 14.6. The van der Waals surface area contributed by atoms with E-state index in [1.165, 1.54) is 0 Å². The number of ether oxygens (including phenoxy) is 1. The van der Waals surface area contributed by atoms with E-state index in [2.05, 4.69) is 4.74 Å². The minimum atomic E-state index is -4.51. The van der Waals surface area contributed by atoms with Gasteiger partial charge in [0.05, 0.1) is 13.5 Å². The molecular formula is C11H17F3O4. The number of carbonyl (C=O) groups is 2. The quantitative estimate of drug-likeness (QED) is 0.591. The molecular weight excluding hydrogens is 253 g/mol. The van der Waals surface area contributed by atoms with Crippen LogP contribution in [0.2, 0.25) is 0 Å². The Balaban J connectivity index is 4.87. The molecule has 0 amide bonds. The molecule has 0 fully saturated rings. The standard InChI is InChI=1S/C11H17F3O4/c1-7(2)6-10(17,9(16)18-3)8(15)4-5-11(12,13)14/h7,17H,4-6H2,1-3H3/t10-/m0/s1. The highest BCUT2D eigenvalue weighted by atomic mass is 19.4. The van der Waals surface area contributed by atoms with Crippen LogP contribution in [0.3, 0.4) is 0 Å². The number of alkyl halides is 3. The average Bonchev–Trinajstić information content (AvgIpc) is 2.22. The molecule has 1 N–H and O–H groups in total. The Hall–Kier alpha value is -1.11. The van der Waals surface area contributed by atoms with Crippen molar-refractivity contribution in [3.8, 4) is 0 Å². The minimum absolute atomic E-state index is 0.246. The highest BCUT2D eigenvalue weighted by molar-refractivity contribution is 6.06. The predicted octanol–water partition coefficient (Wildman–Crippen LogP) is 1.85. The Morgan fingerprint density at radius 1 is 1.28 bits per heavy atom. The molecule has 0 heterocycles. The molecule has 0 saturated carbocycles. The van der Waals surface area contributed by atoms with Gasteiger partial charge in [0.1, 0.15) is 0 Å². The third kappa shape index (κ3) is 5.03. The average molecular weight is 270 g/mol. The maximum absolute atomic E-state index is 12.0. The fourth-order valence-corrected chi connectivity index (χ4v) is 1.53. The fraction of sp³-hybridized carbons (Fsp3) is 0.818. The Kier molecular flexibility index (Phi) is 5.79. The molecule has 0 aliphatic rings. The zero-order valence-electron chi connectivity index (χ0n) is 10.5. The zero-order valence-corrected chi connectivity index (χ0v) is 10.5. The lowest BCUT2D eigenvalue weighted by Crippen LogP contribution is -2.48. The third-order valence-corrected chi connectivity index (χ3v) is 2.32. The van der Waals surface area contributed by atoms with E-state index in [9.17, 15) is 27.9 Å². The van der Waals surface area contributed by atoms with E-state index in [1.807, 2.05) is 0 Å². The largest absolute Gasteiger partial charge is 0.467 e. The summed E-state index contributed by atoms with van der Waals surface area (Å²) < 4.78 is 40.3. The lowest BCUT2D eigenvalue weighted by molar-refractivity contribution is -0.173. The molecule has 0 aromatic carbocycles. The van der Waals surface area contributed by atoms with Crippen molar-refractivity contribution in [2.24, 2.45) is 5.92 Å². The number of ketones is 1. The third-order valence-electron chi connectivity index (χ3n) is 2.32. The van der Waals surface area contributed by atoms with Gasteiger partial charge in [0.25, 0.3) is 0 Å². The van der Waals surface area contributed by atoms with Gasteiger partial charge >= 0.3 is 12.1 Å². The monoisotopic (exact) mass is 270 g/mol. The van der Waals surface area contributed by atoms with E-state index in [4.69, 9.17) is 0 Å². The van der Waals surface area contributed by atoms with Crippen molar-refractivity contribution in [3.05, 3.63) is 0 Å². The van der Waals surface area contributed by atoms with Crippen LogP contribution in [0.5, 0.6) is 0 Å². The molecule has 0 saturated heterocycles. The predicted molar refractivity (Wildman–Crippen MR) is 56.7 cm³/mol. The van der Waals surface area contributed by atoms with Crippen LogP contribution in [-0.2, 0) is 14.3 Å². The van der Waals surface area contributed by atoms with Gasteiger partial charge in [-0.2, -0.15) is 13.2 Å². The Morgan fingerprint density at radius 3 is 2.11 bits per heavy atom. The Bertz CT molecular complexity index is 312. The van der Waals surface area contributed by atoms with Crippen LogP contribution in [-0.4, -0.2) is 35.7 Å². The molecule has 4 nitrogen and oxygen atoms in total. The summed E-state index contributed by atoms with van der Waals surface area (Å²) in [5.41, 5.74) is -2.49. The topological polar surface area (TPSA) is 63.6 Å². The van der Waals surface area contributed by atoms with Crippen molar-refractivity contribution in [1.82, 2.24) is 0 Å². The van der Waals surface area contributed by atoms with Gasteiger partial charge in [-0.25, -0.2) is 4.79 Å². The number of hydrogen-bond acceptors (Lipinski definition) is 4. The molecule has 0 aliphatic carbocycles. The summed E-state index contributed by atoms with van der Waals surface area (Å²) in [4.78, 5) is 23.0. The summed E-state index contributed by atoms with van der Waals surface area (Å²) in [7, 11) is 0.963. The van der Waals surface area contributed by atoms with Crippen LogP contribution in [0.1, 0.15) is 33.1 Å². The van der Waals surface area contributed by atoms with Crippen molar-refractivity contribution in [3.63, 3.8) is 0 Å². The summed E-state index contributed by atoms with van der Waals surface area (Å²) >= 11 is 0. The SMILES string of the molecule is COC(=O)[C@](O)(CC(C)C)C(=O)CCC(F)(F)F. The van der Waals surface area contributed by atoms with Crippen LogP contribution < -0.4 is 0 Å². The summed E-state index contributed by atoms with van der Waals surface area (Å²) in [5.74, 6) is -2.63. The number of halogens is 3. The molecule has 0 radical (unpaired) electrons. The second kappa shape index (κ2) is 6.17. The highest BCUT2D eigenvalue weighted by Crippen LogP contribution is 2.26. The van der Waals surface area contributed by atoms with Gasteiger partial charge in [-0.1, -0.05) is 13.8 Å². The van der Waals surface area contributed by atoms with Crippen molar-refractivity contribution >= 4 is 11.8 Å². The van der Waals surface area contributed by atoms with Crippen molar-refractivity contribution in [2.45, 2.75) is 44.9 Å². The molecule has 0 aliphatic heterocycles. The highest BCUT2D eigenvalue weighted by Gasteiger charge is 2.46. The summed E-state index contributed by atoms with van der Waals surface area (Å²) in [6.07, 6.45) is -7.09. The molecule has 7 heteroatoms. The molecule has 0 spiro atoms. The molecule has 0 unspecified atom stereocenters. The molecule has 18 heavy (non-hydrogen) atoms. The number of rotatable bonds is 6. The number of esters is 1. The lowest BCUT2D eigenvalue weighted by Gasteiger charge is -2.25. The Morgan fingerprint density at radius 2 is 1.78 bits per heavy atom. The van der Waals surface area contributed by atoms with Gasteiger partial charge in [0, 0.05) is 6.42 Å². The first-order valence-corrected chi connectivity index (χ1v) is 5.43. The van der Waals surface area contributed by atoms with E-state index < -0.39 is 36.4 Å². The minimum Gasteiger partial charge on any atom is -0.467 e. The summed E-state index contributed by atoms with van der Waals surface area (Å²) in [6.45, 7) is 3.26. The first-order valence-electron chi connectivity index (χ1n) is 5.43. The van der Waals surface area contributed by atoms with Crippen LogP contribution in [0, 0.1) is 5.92 Å². The number of carbonyl (C=O) groups excluding carboxylic acids is 2. The molecule has 0 aromatic heterocycles. The fourth-order valence-electron chi connectivity index (χ4n) is 1.53. The molecule has 0 aromatic rings. The maximum Gasteiger partial charge on any atom is 0.389 e. The second-order valence-electron chi connectivity index (χ2n) is 4.49.